The highest BCUT2D eigenvalue weighted by Crippen LogP contribution is 2.16. The number of methoxy groups -OCH3 is 1. The SMILES string of the molecule is COCC(C)N1CC(C(C)C)NCCC1C. The Kier molecular flexibility index (Phi) is 5.73. The molecular weight excluding hydrogens is 200 g/mol. The summed E-state index contributed by atoms with van der Waals surface area (Å²) in [4.78, 5) is 2.59. The molecule has 0 aliphatic carbocycles. The lowest BCUT2D eigenvalue weighted by atomic mass is 10.0. The van der Waals surface area contributed by atoms with Crippen molar-refractivity contribution in [3.8, 4) is 0 Å². The van der Waals surface area contributed by atoms with Crippen molar-refractivity contribution in [1.29, 1.82) is 0 Å². The van der Waals surface area contributed by atoms with Gasteiger partial charge in [-0.3, -0.25) is 4.90 Å². The van der Waals surface area contributed by atoms with Crippen molar-refractivity contribution in [1.82, 2.24) is 10.2 Å². The van der Waals surface area contributed by atoms with Gasteiger partial charge in [0.1, 0.15) is 0 Å². The van der Waals surface area contributed by atoms with Gasteiger partial charge in [-0.2, -0.15) is 0 Å². The van der Waals surface area contributed by atoms with Gasteiger partial charge < -0.3 is 10.1 Å². The molecule has 3 nitrogen and oxygen atoms in total. The van der Waals surface area contributed by atoms with E-state index in [4.69, 9.17) is 4.74 Å². The minimum absolute atomic E-state index is 0.515. The fourth-order valence-corrected chi connectivity index (χ4v) is 2.51. The van der Waals surface area contributed by atoms with Gasteiger partial charge in [-0.1, -0.05) is 13.8 Å². The first-order valence-electron chi connectivity index (χ1n) is 6.54. The summed E-state index contributed by atoms with van der Waals surface area (Å²) in [5, 5.41) is 3.66. The Morgan fingerprint density at radius 3 is 2.62 bits per heavy atom. The average molecular weight is 228 g/mol. The first kappa shape index (κ1) is 13.9. The number of hydrogen-bond donors (Lipinski definition) is 1. The fourth-order valence-electron chi connectivity index (χ4n) is 2.51. The summed E-state index contributed by atoms with van der Waals surface area (Å²) < 4.78 is 5.28. The molecular formula is C13H28N2O. The van der Waals surface area contributed by atoms with Crippen LogP contribution in [0, 0.1) is 5.92 Å². The van der Waals surface area contributed by atoms with Crippen LogP contribution in [0.3, 0.4) is 0 Å². The molecule has 1 fully saturated rings. The number of rotatable bonds is 4. The van der Waals surface area contributed by atoms with Crippen LogP contribution in [0.5, 0.6) is 0 Å². The van der Waals surface area contributed by atoms with Crippen LogP contribution in [-0.4, -0.2) is 49.8 Å². The largest absolute Gasteiger partial charge is 0.383 e. The maximum atomic E-state index is 5.28. The van der Waals surface area contributed by atoms with Crippen LogP contribution in [0.2, 0.25) is 0 Å². The number of ether oxygens (including phenoxy) is 1. The zero-order valence-electron chi connectivity index (χ0n) is 11.5. The van der Waals surface area contributed by atoms with Crippen LogP contribution in [0.4, 0.5) is 0 Å². The summed E-state index contributed by atoms with van der Waals surface area (Å²) in [5.41, 5.74) is 0. The minimum atomic E-state index is 0.515. The molecule has 1 saturated heterocycles. The summed E-state index contributed by atoms with van der Waals surface area (Å²) in [6, 6.07) is 1.78. The smallest absolute Gasteiger partial charge is 0.0615 e. The maximum Gasteiger partial charge on any atom is 0.0615 e. The van der Waals surface area contributed by atoms with Crippen LogP contribution in [0.25, 0.3) is 0 Å². The van der Waals surface area contributed by atoms with Crippen molar-refractivity contribution in [2.45, 2.75) is 52.2 Å². The fraction of sp³-hybridized carbons (Fsp3) is 1.00. The first-order chi connectivity index (χ1) is 7.56. The van der Waals surface area contributed by atoms with E-state index in [-0.39, 0.29) is 0 Å². The number of hydrogen-bond acceptors (Lipinski definition) is 3. The third-order valence-corrected chi connectivity index (χ3v) is 3.72. The lowest BCUT2D eigenvalue weighted by molar-refractivity contribution is 0.0699. The van der Waals surface area contributed by atoms with Gasteiger partial charge in [-0.25, -0.2) is 0 Å². The van der Waals surface area contributed by atoms with Gasteiger partial charge in [0.15, 0.2) is 0 Å². The van der Waals surface area contributed by atoms with Gasteiger partial charge in [0.25, 0.3) is 0 Å². The Balaban J connectivity index is 2.62. The van der Waals surface area contributed by atoms with E-state index in [0.29, 0.717) is 24.0 Å². The Morgan fingerprint density at radius 2 is 2.06 bits per heavy atom. The second kappa shape index (κ2) is 6.58. The number of nitrogens with zero attached hydrogens (tertiary/aromatic N) is 1. The van der Waals surface area contributed by atoms with Gasteiger partial charge in [-0.15, -0.1) is 0 Å². The van der Waals surface area contributed by atoms with Crippen LogP contribution < -0.4 is 5.32 Å². The van der Waals surface area contributed by atoms with Crippen molar-refractivity contribution in [3.05, 3.63) is 0 Å². The van der Waals surface area contributed by atoms with E-state index < -0.39 is 0 Å². The molecule has 1 N–H and O–H groups in total. The van der Waals surface area contributed by atoms with E-state index in [1.165, 1.54) is 6.42 Å². The Hall–Kier alpha value is -0.120. The van der Waals surface area contributed by atoms with E-state index >= 15 is 0 Å². The van der Waals surface area contributed by atoms with Crippen molar-refractivity contribution in [2.75, 3.05) is 26.8 Å². The summed E-state index contributed by atoms with van der Waals surface area (Å²) >= 11 is 0. The molecule has 0 aromatic carbocycles. The van der Waals surface area contributed by atoms with Crippen molar-refractivity contribution in [2.24, 2.45) is 5.92 Å². The molecule has 1 heterocycles. The second-order valence-corrected chi connectivity index (χ2v) is 5.44. The molecule has 3 unspecified atom stereocenters. The maximum absolute atomic E-state index is 5.28. The van der Waals surface area contributed by atoms with E-state index in [0.717, 1.165) is 19.7 Å². The molecule has 3 atom stereocenters. The van der Waals surface area contributed by atoms with Crippen LogP contribution in [0.1, 0.15) is 34.1 Å². The van der Waals surface area contributed by atoms with Crippen LogP contribution in [0.15, 0.2) is 0 Å². The standard InChI is InChI=1S/C13H28N2O/c1-10(2)13-8-15(12(4)9-16-5)11(3)6-7-14-13/h10-14H,6-9H2,1-5H3. The third-order valence-electron chi connectivity index (χ3n) is 3.72. The van der Waals surface area contributed by atoms with E-state index in [1.54, 1.807) is 7.11 Å². The highest BCUT2D eigenvalue weighted by molar-refractivity contribution is 4.85. The molecule has 0 bridgehead atoms. The molecule has 0 radical (unpaired) electrons. The van der Waals surface area contributed by atoms with Gasteiger partial charge in [0.05, 0.1) is 6.61 Å². The molecule has 1 aliphatic rings. The molecule has 0 amide bonds. The van der Waals surface area contributed by atoms with Gasteiger partial charge in [-0.05, 0) is 32.7 Å². The van der Waals surface area contributed by atoms with E-state index in [9.17, 15) is 0 Å². The van der Waals surface area contributed by atoms with Crippen molar-refractivity contribution >= 4 is 0 Å². The molecule has 1 aliphatic heterocycles. The average Bonchev–Trinajstić information content (AvgIpc) is 2.40. The molecule has 0 aromatic rings. The van der Waals surface area contributed by atoms with Crippen molar-refractivity contribution < 1.29 is 4.74 Å². The highest BCUT2D eigenvalue weighted by atomic mass is 16.5. The highest BCUT2D eigenvalue weighted by Gasteiger charge is 2.27. The topological polar surface area (TPSA) is 24.5 Å². The normalized spacial score (nSPS) is 30.4. The lowest BCUT2D eigenvalue weighted by Crippen LogP contribution is -2.48. The third kappa shape index (κ3) is 3.72. The Bertz CT molecular complexity index is 196. The monoisotopic (exact) mass is 228 g/mol. The zero-order chi connectivity index (χ0) is 12.1. The molecule has 16 heavy (non-hydrogen) atoms. The first-order valence-corrected chi connectivity index (χ1v) is 6.54. The molecule has 0 aromatic heterocycles. The molecule has 0 saturated carbocycles. The molecule has 3 heteroatoms. The summed E-state index contributed by atoms with van der Waals surface area (Å²) in [6.45, 7) is 12.3. The quantitative estimate of drug-likeness (QED) is 0.793. The zero-order valence-corrected chi connectivity index (χ0v) is 11.5. The van der Waals surface area contributed by atoms with E-state index in [1.807, 2.05) is 0 Å². The predicted molar refractivity (Wildman–Crippen MR) is 68.8 cm³/mol. The lowest BCUT2D eigenvalue weighted by Gasteiger charge is -2.35. The molecule has 1 rings (SSSR count). The second-order valence-electron chi connectivity index (χ2n) is 5.44. The number of nitrogens with one attached hydrogen (secondary N) is 1. The predicted octanol–water partition coefficient (Wildman–Crippen LogP) is 1.73. The van der Waals surface area contributed by atoms with Gasteiger partial charge in [0, 0.05) is 31.8 Å². The van der Waals surface area contributed by atoms with Crippen LogP contribution >= 0.6 is 0 Å². The minimum Gasteiger partial charge on any atom is -0.383 e. The van der Waals surface area contributed by atoms with Gasteiger partial charge in [0.2, 0.25) is 0 Å². The Labute approximate surface area is 101 Å². The molecule has 96 valence electrons. The van der Waals surface area contributed by atoms with E-state index in [2.05, 4.69) is 37.9 Å². The summed E-state index contributed by atoms with van der Waals surface area (Å²) in [6.07, 6.45) is 1.23. The molecule has 0 spiro atoms. The van der Waals surface area contributed by atoms with Crippen molar-refractivity contribution in [3.63, 3.8) is 0 Å². The summed E-state index contributed by atoms with van der Waals surface area (Å²) in [7, 11) is 1.79. The summed E-state index contributed by atoms with van der Waals surface area (Å²) in [5.74, 6) is 0.697. The van der Waals surface area contributed by atoms with Crippen LogP contribution in [-0.2, 0) is 4.74 Å². The Morgan fingerprint density at radius 1 is 1.38 bits per heavy atom. The van der Waals surface area contributed by atoms with Gasteiger partial charge >= 0.3 is 0 Å².